The summed E-state index contributed by atoms with van der Waals surface area (Å²) in [6.45, 7) is 7.14. The zero-order chi connectivity index (χ0) is 26.2. The van der Waals surface area contributed by atoms with Gasteiger partial charge in [-0.05, 0) is 37.5 Å². The lowest BCUT2D eigenvalue weighted by molar-refractivity contribution is -0.101. The Hall–Kier alpha value is -3.49. The number of cyclic esters (lactones) is 1. The lowest BCUT2D eigenvalue weighted by atomic mass is 9.80. The van der Waals surface area contributed by atoms with E-state index in [1.807, 2.05) is 66.4 Å². The third kappa shape index (κ3) is 5.31. The van der Waals surface area contributed by atoms with E-state index in [-0.39, 0.29) is 18.2 Å². The van der Waals surface area contributed by atoms with Gasteiger partial charge in [0.2, 0.25) is 5.95 Å². The summed E-state index contributed by atoms with van der Waals surface area (Å²) in [6, 6.07) is 17.6. The zero-order valence-electron chi connectivity index (χ0n) is 21.5. The van der Waals surface area contributed by atoms with E-state index in [0.29, 0.717) is 38.4 Å². The molecule has 2 fully saturated rings. The maximum atomic E-state index is 13.3. The van der Waals surface area contributed by atoms with Crippen LogP contribution in [-0.2, 0) is 10.3 Å². The number of ether oxygens (including phenoxy) is 1. The molecule has 1 amide bonds. The van der Waals surface area contributed by atoms with Gasteiger partial charge < -0.3 is 24.7 Å². The van der Waals surface area contributed by atoms with E-state index in [1.165, 1.54) is 0 Å². The van der Waals surface area contributed by atoms with Gasteiger partial charge >= 0.3 is 6.09 Å². The fourth-order valence-electron chi connectivity index (χ4n) is 5.28. The highest BCUT2D eigenvalue weighted by atomic mass is 16.6. The van der Waals surface area contributed by atoms with Gasteiger partial charge in [0.15, 0.2) is 0 Å². The highest BCUT2D eigenvalue weighted by Gasteiger charge is 2.46. The van der Waals surface area contributed by atoms with Crippen LogP contribution in [0, 0.1) is 0 Å². The second-order valence-corrected chi connectivity index (χ2v) is 10.8. The first-order valence-corrected chi connectivity index (χ1v) is 12.8. The fourth-order valence-corrected chi connectivity index (χ4v) is 5.28. The largest absolute Gasteiger partial charge is 0.438 e. The molecule has 0 radical (unpaired) electrons. The van der Waals surface area contributed by atoms with Crippen molar-refractivity contribution in [2.45, 2.75) is 57.0 Å². The smallest absolute Gasteiger partial charge is 0.411 e. The molecule has 194 valence electrons. The first-order chi connectivity index (χ1) is 17.6. The van der Waals surface area contributed by atoms with Crippen molar-refractivity contribution in [2.75, 3.05) is 24.5 Å². The summed E-state index contributed by atoms with van der Waals surface area (Å²) in [5, 5.41) is 20.1. The van der Waals surface area contributed by atoms with Crippen LogP contribution >= 0.6 is 0 Å². The van der Waals surface area contributed by atoms with Crippen molar-refractivity contribution in [3.8, 4) is 11.1 Å². The molecule has 0 aliphatic carbocycles. The van der Waals surface area contributed by atoms with Crippen molar-refractivity contribution >= 4 is 12.0 Å². The predicted molar refractivity (Wildman–Crippen MR) is 141 cm³/mol. The Morgan fingerprint density at radius 1 is 1.05 bits per heavy atom. The standard InChI is InChI=1S/C29H34N4O4/c1-20(21-9-11-22(12-10-21)23-15-30-26(31-16-23)32-17-25(34)18-32)33-14-13-29(37-27(33)35,19-28(2,3)36)24-7-5-4-6-8-24/h4-12,15-16,20,25,34,36H,13-14,17-19H2,1-3H3/t20-,29-/m0/s1. The Bertz CT molecular complexity index is 1220. The van der Waals surface area contributed by atoms with Crippen LogP contribution in [0.25, 0.3) is 11.1 Å². The van der Waals surface area contributed by atoms with E-state index in [2.05, 4.69) is 9.97 Å². The normalized spacial score (nSPS) is 21.4. The number of rotatable bonds is 7. The maximum absolute atomic E-state index is 13.3. The van der Waals surface area contributed by atoms with Gasteiger partial charge in [0, 0.05) is 50.4 Å². The Labute approximate surface area is 217 Å². The van der Waals surface area contributed by atoms with Crippen LogP contribution in [0.15, 0.2) is 67.0 Å². The van der Waals surface area contributed by atoms with Gasteiger partial charge in [0.25, 0.3) is 0 Å². The first-order valence-electron chi connectivity index (χ1n) is 12.8. The van der Waals surface area contributed by atoms with Crippen LogP contribution in [0.3, 0.4) is 0 Å². The Morgan fingerprint density at radius 3 is 2.27 bits per heavy atom. The molecule has 0 unspecified atom stereocenters. The van der Waals surface area contributed by atoms with Crippen LogP contribution in [0.4, 0.5) is 10.7 Å². The SMILES string of the molecule is C[C@@H](c1ccc(-c2cnc(N3CC(O)C3)nc2)cc1)N1CC[C@](CC(C)(C)O)(c2ccccc2)OC1=O. The summed E-state index contributed by atoms with van der Waals surface area (Å²) in [5.41, 5.74) is 1.94. The molecule has 2 aliphatic rings. The van der Waals surface area contributed by atoms with Crippen LogP contribution in [0.1, 0.15) is 50.8 Å². The molecule has 3 heterocycles. The predicted octanol–water partition coefficient (Wildman–Crippen LogP) is 4.28. The van der Waals surface area contributed by atoms with Gasteiger partial charge in [-0.2, -0.15) is 0 Å². The van der Waals surface area contributed by atoms with Crippen LogP contribution in [0.2, 0.25) is 0 Å². The molecule has 0 saturated carbocycles. The molecule has 8 nitrogen and oxygen atoms in total. The van der Waals surface area contributed by atoms with Crippen molar-refractivity contribution in [2.24, 2.45) is 0 Å². The van der Waals surface area contributed by atoms with Gasteiger partial charge in [-0.25, -0.2) is 14.8 Å². The summed E-state index contributed by atoms with van der Waals surface area (Å²) in [5.74, 6) is 0.624. The van der Waals surface area contributed by atoms with Crippen LogP contribution in [-0.4, -0.2) is 62.5 Å². The molecule has 8 heteroatoms. The molecule has 2 N–H and O–H groups in total. The average molecular weight is 503 g/mol. The van der Waals surface area contributed by atoms with E-state index in [0.717, 1.165) is 22.3 Å². The lowest BCUT2D eigenvalue weighted by Crippen LogP contribution is -2.51. The number of nitrogens with zero attached hydrogens (tertiary/aromatic N) is 4. The topological polar surface area (TPSA) is 99.0 Å². The molecular formula is C29H34N4O4. The van der Waals surface area contributed by atoms with E-state index in [9.17, 15) is 15.0 Å². The minimum Gasteiger partial charge on any atom is -0.438 e. The van der Waals surface area contributed by atoms with Crippen molar-refractivity contribution < 1.29 is 19.7 Å². The number of aliphatic hydroxyl groups excluding tert-OH is 1. The molecule has 2 aromatic carbocycles. The number of aromatic nitrogens is 2. The van der Waals surface area contributed by atoms with Crippen molar-refractivity contribution in [3.05, 3.63) is 78.1 Å². The van der Waals surface area contributed by atoms with Gasteiger partial charge in [-0.3, -0.25) is 0 Å². The quantitative estimate of drug-likeness (QED) is 0.497. The Morgan fingerprint density at radius 2 is 1.70 bits per heavy atom. The molecule has 0 bridgehead atoms. The summed E-state index contributed by atoms with van der Waals surface area (Å²) < 4.78 is 6.13. The van der Waals surface area contributed by atoms with Gasteiger partial charge in [-0.1, -0.05) is 54.6 Å². The average Bonchev–Trinajstić information content (AvgIpc) is 2.86. The monoisotopic (exact) mass is 502 g/mol. The fraction of sp³-hybridized carbons (Fsp3) is 0.414. The number of benzene rings is 2. The highest BCUT2D eigenvalue weighted by molar-refractivity contribution is 5.70. The van der Waals surface area contributed by atoms with E-state index in [4.69, 9.17) is 4.74 Å². The number of aliphatic hydroxyl groups is 2. The second kappa shape index (κ2) is 9.76. The second-order valence-electron chi connectivity index (χ2n) is 10.8. The molecule has 2 atom stereocenters. The van der Waals surface area contributed by atoms with Crippen LogP contribution < -0.4 is 4.90 Å². The van der Waals surface area contributed by atoms with Gasteiger partial charge in [0.1, 0.15) is 5.60 Å². The van der Waals surface area contributed by atoms with Crippen molar-refractivity contribution in [1.82, 2.24) is 14.9 Å². The number of β-amino-alcohol motifs (C(OH)–C–C–N with tert-alkyl or cyclic N) is 1. The minimum atomic E-state index is -0.988. The summed E-state index contributed by atoms with van der Waals surface area (Å²) in [7, 11) is 0. The van der Waals surface area contributed by atoms with Gasteiger partial charge in [-0.15, -0.1) is 0 Å². The molecule has 2 aliphatic heterocycles. The zero-order valence-corrected chi connectivity index (χ0v) is 21.5. The minimum absolute atomic E-state index is 0.172. The number of hydrogen-bond donors (Lipinski definition) is 2. The number of anilines is 1. The van der Waals surface area contributed by atoms with Crippen LogP contribution in [0.5, 0.6) is 0 Å². The lowest BCUT2D eigenvalue weighted by Gasteiger charge is -2.45. The van der Waals surface area contributed by atoms with E-state index in [1.54, 1.807) is 31.1 Å². The Balaban J connectivity index is 1.28. The summed E-state index contributed by atoms with van der Waals surface area (Å²) in [6.07, 6.45) is 3.82. The first kappa shape index (κ1) is 25.2. The number of carbonyl (C=O) groups is 1. The van der Waals surface area contributed by atoms with E-state index < -0.39 is 11.2 Å². The molecule has 1 aromatic heterocycles. The van der Waals surface area contributed by atoms with Gasteiger partial charge in [0.05, 0.1) is 17.7 Å². The van der Waals surface area contributed by atoms with Crippen molar-refractivity contribution in [1.29, 1.82) is 0 Å². The maximum Gasteiger partial charge on any atom is 0.411 e. The number of amides is 1. The van der Waals surface area contributed by atoms with E-state index >= 15 is 0 Å². The number of hydrogen-bond acceptors (Lipinski definition) is 7. The third-order valence-electron chi connectivity index (χ3n) is 7.27. The molecule has 2 saturated heterocycles. The molecule has 3 aromatic rings. The molecule has 5 rings (SSSR count). The Kier molecular flexibility index (Phi) is 6.64. The summed E-state index contributed by atoms with van der Waals surface area (Å²) in [4.78, 5) is 25.8. The highest BCUT2D eigenvalue weighted by Crippen LogP contribution is 2.42. The summed E-state index contributed by atoms with van der Waals surface area (Å²) >= 11 is 0. The third-order valence-corrected chi connectivity index (χ3v) is 7.27. The molecular weight excluding hydrogens is 468 g/mol. The van der Waals surface area contributed by atoms with Crippen molar-refractivity contribution in [3.63, 3.8) is 0 Å². The molecule has 0 spiro atoms. The number of carbonyl (C=O) groups excluding carboxylic acids is 1. The molecule has 37 heavy (non-hydrogen) atoms.